The van der Waals surface area contributed by atoms with E-state index < -0.39 is 0 Å². The molecule has 0 aliphatic rings. The van der Waals surface area contributed by atoms with Crippen LogP contribution in [-0.4, -0.2) is 0 Å². The van der Waals surface area contributed by atoms with Gasteiger partial charge in [-0.05, 0) is 82.2 Å². The molecule has 0 unspecified atom stereocenters. The highest BCUT2D eigenvalue weighted by molar-refractivity contribution is 14.2. The van der Waals surface area contributed by atoms with Crippen molar-refractivity contribution in [2.24, 2.45) is 0 Å². The lowest BCUT2D eigenvalue weighted by Crippen LogP contribution is -1.72. The average molecular weight is 401 g/mol. The normalized spacial score (nSPS) is 9.80. The Morgan fingerprint density at radius 3 is 1.30 bits per heavy atom. The van der Waals surface area contributed by atoms with Crippen LogP contribution in [0, 0.1) is 7.14 Å². The van der Waals surface area contributed by atoms with Crippen molar-refractivity contribution >= 4 is 58.0 Å². The van der Waals surface area contributed by atoms with Gasteiger partial charge in [0.15, 0.2) is 0 Å². The molecule has 0 N–H and O–H groups in total. The molecule has 0 heterocycles. The van der Waals surface area contributed by atoms with Gasteiger partial charge in [0.05, 0.1) is 0 Å². The van der Waals surface area contributed by atoms with E-state index in [1.54, 1.807) is 0 Å². The number of benzene rings is 1. The number of rotatable bonds is 2. The molecular formula is C6H4Cl2I2. The molecular weight excluding hydrogens is 397 g/mol. The van der Waals surface area contributed by atoms with Gasteiger partial charge in [0.25, 0.3) is 0 Å². The van der Waals surface area contributed by atoms with Crippen LogP contribution in [0.2, 0.25) is 0 Å². The smallest absolute Gasteiger partial charge is 0.0186 e. The predicted molar refractivity (Wildman–Crippen MR) is 63.6 cm³/mol. The predicted octanol–water partition coefficient (Wildman–Crippen LogP) is 4.27. The summed E-state index contributed by atoms with van der Waals surface area (Å²) in [5, 5.41) is 0. The highest BCUT2D eigenvalue weighted by Gasteiger charge is 1.91. The van der Waals surface area contributed by atoms with Gasteiger partial charge in [-0.15, -0.1) is 0 Å². The summed E-state index contributed by atoms with van der Waals surface area (Å²) >= 11 is -0.535. The molecule has 1 aromatic rings. The minimum absolute atomic E-state index is 0.267. The van der Waals surface area contributed by atoms with Crippen LogP contribution in [-0.2, 0) is 0 Å². The highest BCUT2D eigenvalue weighted by atomic mass is 127. The first-order valence-electron chi connectivity index (χ1n) is 2.49. The molecule has 0 aromatic heterocycles. The summed E-state index contributed by atoms with van der Waals surface area (Å²) in [6.45, 7) is 0. The van der Waals surface area contributed by atoms with E-state index in [-0.39, 0.29) is 40.2 Å². The van der Waals surface area contributed by atoms with Crippen LogP contribution in [0.5, 0.6) is 0 Å². The molecule has 0 aliphatic heterocycles. The van der Waals surface area contributed by atoms with Gasteiger partial charge in [0, 0.05) is 7.14 Å². The van der Waals surface area contributed by atoms with Crippen LogP contribution in [0.1, 0.15) is 0 Å². The molecule has 0 aliphatic carbocycles. The zero-order chi connectivity index (χ0) is 7.40. The molecule has 0 saturated heterocycles. The molecule has 0 atom stereocenters. The first-order chi connectivity index (χ1) is 4.86. The minimum Gasteiger partial charge on any atom is -0.0491 e. The lowest BCUT2D eigenvalue weighted by molar-refractivity contribution is 1.60. The van der Waals surface area contributed by atoms with Crippen molar-refractivity contribution < 1.29 is 0 Å². The summed E-state index contributed by atoms with van der Waals surface area (Å²) in [6.07, 6.45) is 0. The molecule has 56 valence electrons. The Morgan fingerprint density at radius 1 is 0.800 bits per heavy atom. The van der Waals surface area contributed by atoms with Crippen LogP contribution in [0.15, 0.2) is 24.3 Å². The van der Waals surface area contributed by atoms with Crippen LogP contribution in [0.3, 0.4) is 0 Å². The third-order valence-electron chi connectivity index (χ3n) is 0.969. The number of hydrogen-bond donors (Lipinski definition) is 0. The van der Waals surface area contributed by atoms with E-state index >= 15 is 0 Å². The van der Waals surface area contributed by atoms with Crippen molar-refractivity contribution in [3.05, 3.63) is 31.4 Å². The maximum absolute atomic E-state index is 5.71. The highest BCUT2D eigenvalue weighted by Crippen LogP contribution is 2.30. The lowest BCUT2D eigenvalue weighted by atomic mass is 10.4. The van der Waals surface area contributed by atoms with Crippen LogP contribution < -0.4 is 0 Å². The maximum atomic E-state index is 5.71. The summed E-state index contributed by atoms with van der Waals surface area (Å²) < 4.78 is 2.52. The van der Waals surface area contributed by atoms with Crippen molar-refractivity contribution in [3.63, 3.8) is 0 Å². The molecule has 10 heavy (non-hydrogen) atoms. The summed E-state index contributed by atoms with van der Waals surface area (Å²) in [6, 6.07) is 8.27. The Bertz CT molecular complexity index is 174. The summed E-state index contributed by atoms with van der Waals surface area (Å²) in [7, 11) is 11.4. The van der Waals surface area contributed by atoms with E-state index in [4.69, 9.17) is 17.8 Å². The van der Waals surface area contributed by atoms with E-state index in [2.05, 4.69) is 24.3 Å². The molecule has 0 fully saturated rings. The summed E-state index contributed by atoms with van der Waals surface area (Å²) in [4.78, 5) is 0. The van der Waals surface area contributed by atoms with E-state index in [9.17, 15) is 0 Å². The Kier molecular flexibility index (Phi) is 4.68. The molecule has 0 bridgehead atoms. The zero-order valence-electron chi connectivity index (χ0n) is 4.82. The quantitative estimate of drug-likeness (QED) is 0.650. The standard InChI is InChI=1S/C6H4Cl2I2/c7-9-5-1-2-6(10-8)4-3-5/h1-4H. The Hall–Kier alpha value is 1.26. The fraction of sp³-hybridized carbons (Fsp3) is 0. The third kappa shape index (κ3) is 2.71. The molecule has 0 amide bonds. The fourth-order valence-corrected chi connectivity index (χ4v) is 3.07. The van der Waals surface area contributed by atoms with Crippen molar-refractivity contribution in [1.29, 1.82) is 0 Å². The monoisotopic (exact) mass is 400 g/mol. The van der Waals surface area contributed by atoms with Crippen molar-refractivity contribution in [2.75, 3.05) is 0 Å². The molecule has 1 rings (SSSR count). The van der Waals surface area contributed by atoms with Gasteiger partial charge in [0.2, 0.25) is 0 Å². The minimum atomic E-state index is -0.267. The van der Waals surface area contributed by atoms with Gasteiger partial charge < -0.3 is 0 Å². The van der Waals surface area contributed by atoms with Crippen LogP contribution in [0.4, 0.5) is 0 Å². The van der Waals surface area contributed by atoms with E-state index in [0.29, 0.717) is 0 Å². The average Bonchev–Trinajstić information content (AvgIpc) is 2.05. The zero-order valence-corrected chi connectivity index (χ0v) is 10.6. The van der Waals surface area contributed by atoms with Gasteiger partial charge >= 0.3 is 0 Å². The van der Waals surface area contributed by atoms with E-state index in [1.807, 2.05) is 0 Å². The number of hydrogen-bond acceptors (Lipinski definition) is 0. The van der Waals surface area contributed by atoms with Crippen molar-refractivity contribution in [2.45, 2.75) is 0 Å². The van der Waals surface area contributed by atoms with Crippen LogP contribution >= 0.6 is 58.0 Å². The van der Waals surface area contributed by atoms with E-state index in [1.165, 1.54) is 7.14 Å². The second-order valence-electron chi connectivity index (χ2n) is 1.58. The van der Waals surface area contributed by atoms with Crippen LogP contribution in [0.25, 0.3) is 0 Å². The fourth-order valence-electron chi connectivity index (χ4n) is 0.525. The first kappa shape index (κ1) is 9.35. The second-order valence-corrected chi connectivity index (χ2v) is 6.80. The molecule has 0 saturated carbocycles. The molecule has 4 heteroatoms. The first-order valence-corrected chi connectivity index (χ1v) is 10.1. The summed E-state index contributed by atoms with van der Waals surface area (Å²) in [5.41, 5.74) is 0. The Balaban J connectivity index is 2.80. The second kappa shape index (κ2) is 5.00. The van der Waals surface area contributed by atoms with Crippen molar-refractivity contribution in [1.82, 2.24) is 0 Å². The largest absolute Gasteiger partial charge is 0.0491 e. The molecule has 0 nitrogen and oxygen atoms in total. The van der Waals surface area contributed by atoms with Gasteiger partial charge in [-0.25, -0.2) is 0 Å². The van der Waals surface area contributed by atoms with Gasteiger partial charge in [-0.3, -0.25) is 0 Å². The SMILES string of the molecule is Cl[I]c1ccc([I]Cl)cc1. The lowest BCUT2D eigenvalue weighted by Gasteiger charge is -1.94. The van der Waals surface area contributed by atoms with Gasteiger partial charge in [0.1, 0.15) is 0 Å². The van der Waals surface area contributed by atoms with E-state index in [0.717, 1.165) is 0 Å². The Labute approximate surface area is 88.2 Å². The number of halogens is 4. The van der Waals surface area contributed by atoms with Crippen molar-refractivity contribution in [3.8, 4) is 0 Å². The van der Waals surface area contributed by atoms with Gasteiger partial charge in [-0.1, -0.05) is 0 Å². The Morgan fingerprint density at radius 2 is 1.10 bits per heavy atom. The van der Waals surface area contributed by atoms with Gasteiger partial charge in [-0.2, -0.15) is 0 Å². The molecule has 2 radical (unpaired) electrons. The third-order valence-corrected chi connectivity index (χ3v) is 5.56. The molecule has 1 aromatic carbocycles. The summed E-state index contributed by atoms with van der Waals surface area (Å²) in [5.74, 6) is 0. The molecule has 0 spiro atoms. The topological polar surface area (TPSA) is 0 Å². The maximum Gasteiger partial charge on any atom is 0.0186 e.